The van der Waals surface area contributed by atoms with Crippen LogP contribution < -0.4 is 0 Å². The van der Waals surface area contributed by atoms with Crippen LogP contribution in [-0.4, -0.2) is 46.4 Å². The van der Waals surface area contributed by atoms with Crippen LogP contribution in [0.25, 0.3) is 0 Å². The molecular formula is C8H14N2O2S. The Morgan fingerprint density at radius 3 is 2.46 bits per heavy atom. The van der Waals surface area contributed by atoms with E-state index in [0.29, 0.717) is 19.6 Å². The van der Waals surface area contributed by atoms with Crippen molar-refractivity contribution in [3.05, 3.63) is 16.6 Å². The van der Waals surface area contributed by atoms with Crippen LogP contribution in [0.15, 0.2) is 10.9 Å². The number of aliphatic hydroxyl groups excluding tert-OH is 2. The molecule has 0 saturated carbocycles. The van der Waals surface area contributed by atoms with E-state index in [1.54, 1.807) is 16.8 Å². The van der Waals surface area contributed by atoms with E-state index in [0.717, 1.165) is 5.69 Å². The third kappa shape index (κ3) is 3.82. The van der Waals surface area contributed by atoms with Gasteiger partial charge < -0.3 is 10.2 Å². The van der Waals surface area contributed by atoms with Gasteiger partial charge in [0, 0.05) is 25.0 Å². The van der Waals surface area contributed by atoms with E-state index in [1.807, 2.05) is 10.3 Å². The van der Waals surface area contributed by atoms with Gasteiger partial charge in [0.25, 0.3) is 0 Å². The van der Waals surface area contributed by atoms with Crippen molar-refractivity contribution in [1.29, 1.82) is 0 Å². The van der Waals surface area contributed by atoms with Gasteiger partial charge in [-0.15, -0.1) is 11.3 Å². The lowest BCUT2D eigenvalue weighted by Gasteiger charge is -2.18. The van der Waals surface area contributed by atoms with Gasteiger partial charge in [0.15, 0.2) is 0 Å². The summed E-state index contributed by atoms with van der Waals surface area (Å²) in [6, 6.07) is 0. The predicted molar refractivity (Wildman–Crippen MR) is 51.6 cm³/mol. The molecule has 1 aromatic heterocycles. The second-order valence-corrected chi connectivity index (χ2v) is 3.42. The molecule has 0 fully saturated rings. The molecule has 0 aliphatic heterocycles. The lowest BCUT2D eigenvalue weighted by atomic mass is 10.4. The number of hydrogen-bond acceptors (Lipinski definition) is 5. The fourth-order valence-corrected chi connectivity index (χ4v) is 1.65. The zero-order chi connectivity index (χ0) is 9.52. The van der Waals surface area contributed by atoms with Crippen LogP contribution in [0, 0.1) is 0 Å². The standard InChI is InChI=1S/C8H14N2O2S/c11-3-1-10(2-4-12)5-8-6-13-7-9-8/h6-7,11-12H,1-5H2. The highest BCUT2D eigenvalue weighted by Gasteiger charge is 2.05. The first-order valence-electron chi connectivity index (χ1n) is 4.18. The highest BCUT2D eigenvalue weighted by Crippen LogP contribution is 2.04. The monoisotopic (exact) mass is 202 g/mol. The van der Waals surface area contributed by atoms with E-state index < -0.39 is 0 Å². The number of hydrogen-bond donors (Lipinski definition) is 2. The minimum absolute atomic E-state index is 0.115. The van der Waals surface area contributed by atoms with Crippen LogP contribution in [0.2, 0.25) is 0 Å². The Morgan fingerprint density at radius 2 is 2.00 bits per heavy atom. The lowest BCUT2D eigenvalue weighted by Crippen LogP contribution is -2.29. The number of aromatic nitrogens is 1. The zero-order valence-corrected chi connectivity index (χ0v) is 8.20. The first-order chi connectivity index (χ1) is 6.36. The number of nitrogens with zero attached hydrogens (tertiary/aromatic N) is 2. The van der Waals surface area contributed by atoms with Crippen molar-refractivity contribution in [2.75, 3.05) is 26.3 Å². The van der Waals surface area contributed by atoms with Gasteiger partial charge in [0.05, 0.1) is 24.4 Å². The van der Waals surface area contributed by atoms with Gasteiger partial charge in [0.1, 0.15) is 0 Å². The van der Waals surface area contributed by atoms with Gasteiger partial charge in [-0.05, 0) is 0 Å². The topological polar surface area (TPSA) is 56.6 Å². The number of thiazole rings is 1. The second kappa shape index (κ2) is 6.04. The van der Waals surface area contributed by atoms with Crippen molar-refractivity contribution in [3.8, 4) is 0 Å². The molecule has 0 aliphatic carbocycles. The van der Waals surface area contributed by atoms with E-state index >= 15 is 0 Å². The molecule has 4 nitrogen and oxygen atoms in total. The summed E-state index contributed by atoms with van der Waals surface area (Å²) in [5.74, 6) is 0. The van der Waals surface area contributed by atoms with Gasteiger partial charge in [-0.2, -0.15) is 0 Å². The van der Waals surface area contributed by atoms with Crippen LogP contribution in [0.4, 0.5) is 0 Å². The van der Waals surface area contributed by atoms with Crippen molar-refractivity contribution >= 4 is 11.3 Å². The molecule has 74 valence electrons. The molecule has 0 spiro atoms. The van der Waals surface area contributed by atoms with Gasteiger partial charge in [0.2, 0.25) is 0 Å². The molecule has 0 amide bonds. The number of rotatable bonds is 6. The molecular weight excluding hydrogens is 188 g/mol. The molecule has 5 heteroatoms. The second-order valence-electron chi connectivity index (χ2n) is 2.70. The van der Waals surface area contributed by atoms with E-state index in [1.165, 1.54) is 0 Å². The largest absolute Gasteiger partial charge is 0.395 e. The minimum Gasteiger partial charge on any atom is -0.395 e. The third-order valence-corrected chi connectivity index (χ3v) is 2.34. The molecule has 0 unspecified atom stereocenters. The predicted octanol–water partition coefficient (Wildman–Crippen LogP) is -0.0703. The summed E-state index contributed by atoms with van der Waals surface area (Å²) in [4.78, 5) is 6.10. The highest BCUT2D eigenvalue weighted by molar-refractivity contribution is 7.07. The molecule has 0 aliphatic rings. The molecule has 0 saturated heterocycles. The Bertz CT molecular complexity index is 210. The molecule has 0 atom stereocenters. The molecule has 2 N–H and O–H groups in total. The summed E-state index contributed by atoms with van der Waals surface area (Å²) < 4.78 is 0. The summed E-state index contributed by atoms with van der Waals surface area (Å²) in [5, 5.41) is 19.5. The number of aliphatic hydroxyl groups is 2. The van der Waals surface area contributed by atoms with Gasteiger partial charge in [-0.25, -0.2) is 4.98 Å². The zero-order valence-electron chi connectivity index (χ0n) is 7.39. The maximum Gasteiger partial charge on any atom is 0.0795 e. The molecule has 0 aromatic carbocycles. The van der Waals surface area contributed by atoms with Crippen LogP contribution in [0.5, 0.6) is 0 Å². The Hall–Kier alpha value is -0.490. The summed E-state index contributed by atoms with van der Waals surface area (Å²) in [5.41, 5.74) is 2.78. The fourth-order valence-electron chi connectivity index (χ4n) is 1.10. The van der Waals surface area contributed by atoms with Gasteiger partial charge >= 0.3 is 0 Å². The first-order valence-corrected chi connectivity index (χ1v) is 5.12. The third-order valence-electron chi connectivity index (χ3n) is 1.70. The smallest absolute Gasteiger partial charge is 0.0795 e. The maximum absolute atomic E-state index is 8.75. The van der Waals surface area contributed by atoms with Crippen LogP contribution in [0.3, 0.4) is 0 Å². The molecule has 13 heavy (non-hydrogen) atoms. The maximum atomic E-state index is 8.75. The summed E-state index contributed by atoms with van der Waals surface area (Å²) in [7, 11) is 0. The summed E-state index contributed by atoms with van der Waals surface area (Å²) in [6.45, 7) is 2.09. The average molecular weight is 202 g/mol. The van der Waals surface area contributed by atoms with E-state index in [2.05, 4.69) is 4.98 Å². The Morgan fingerprint density at radius 1 is 1.31 bits per heavy atom. The minimum atomic E-state index is 0.115. The fraction of sp³-hybridized carbons (Fsp3) is 0.625. The molecule has 1 aromatic rings. The van der Waals surface area contributed by atoms with Crippen molar-refractivity contribution in [2.24, 2.45) is 0 Å². The van der Waals surface area contributed by atoms with Gasteiger partial charge in [-0.3, -0.25) is 4.90 Å². The van der Waals surface area contributed by atoms with Crippen LogP contribution in [-0.2, 0) is 6.54 Å². The lowest BCUT2D eigenvalue weighted by molar-refractivity contribution is 0.155. The first kappa shape index (κ1) is 10.6. The van der Waals surface area contributed by atoms with Crippen molar-refractivity contribution in [3.63, 3.8) is 0 Å². The Kier molecular flexibility index (Phi) is 4.92. The normalized spacial score (nSPS) is 11.0. The van der Waals surface area contributed by atoms with Gasteiger partial charge in [-0.1, -0.05) is 0 Å². The molecule has 0 bridgehead atoms. The quantitative estimate of drug-likeness (QED) is 0.678. The Labute approximate surface area is 81.5 Å². The molecule has 1 heterocycles. The van der Waals surface area contributed by atoms with E-state index in [9.17, 15) is 0 Å². The van der Waals surface area contributed by atoms with Crippen LogP contribution in [0.1, 0.15) is 5.69 Å². The van der Waals surface area contributed by atoms with Crippen molar-refractivity contribution in [1.82, 2.24) is 9.88 Å². The van der Waals surface area contributed by atoms with Crippen molar-refractivity contribution < 1.29 is 10.2 Å². The highest BCUT2D eigenvalue weighted by atomic mass is 32.1. The molecule has 0 radical (unpaired) electrons. The van der Waals surface area contributed by atoms with Crippen LogP contribution >= 0.6 is 11.3 Å². The van der Waals surface area contributed by atoms with E-state index in [4.69, 9.17) is 10.2 Å². The average Bonchev–Trinajstić information content (AvgIpc) is 2.58. The van der Waals surface area contributed by atoms with Crippen molar-refractivity contribution in [2.45, 2.75) is 6.54 Å². The Balaban J connectivity index is 2.37. The van der Waals surface area contributed by atoms with E-state index in [-0.39, 0.29) is 13.2 Å². The SMILES string of the molecule is OCCN(CCO)Cc1cscn1. The summed E-state index contributed by atoms with van der Waals surface area (Å²) >= 11 is 1.55. The summed E-state index contributed by atoms with van der Waals surface area (Å²) in [6.07, 6.45) is 0. The molecule has 1 rings (SSSR count).